The van der Waals surface area contributed by atoms with E-state index in [-0.39, 0.29) is 6.10 Å². The number of rotatable bonds is 3. The molecular formula is C10H19BN2O2. The van der Waals surface area contributed by atoms with Gasteiger partial charge >= 0.3 is 0 Å². The minimum absolute atomic E-state index is 0.173. The second-order valence-electron chi connectivity index (χ2n) is 4.84. The molecule has 0 aromatic heterocycles. The highest BCUT2D eigenvalue weighted by atomic mass is 16.7. The van der Waals surface area contributed by atoms with Crippen LogP contribution in [0.2, 0.25) is 0 Å². The molecule has 2 aliphatic rings. The molecule has 2 saturated heterocycles. The van der Waals surface area contributed by atoms with Crippen LogP contribution in [0.5, 0.6) is 0 Å². The van der Waals surface area contributed by atoms with Crippen molar-refractivity contribution < 1.29 is 9.47 Å². The molecule has 1 N–H and O–H groups in total. The summed E-state index contributed by atoms with van der Waals surface area (Å²) in [6.45, 7) is 7.33. The minimum atomic E-state index is -0.415. The molecule has 0 aromatic rings. The third-order valence-corrected chi connectivity index (χ3v) is 2.92. The largest absolute Gasteiger partial charge is 0.352 e. The number of nitrogens with one attached hydrogen (secondary N) is 1. The molecule has 0 unspecified atom stereocenters. The smallest absolute Gasteiger partial charge is 0.182 e. The minimum Gasteiger partial charge on any atom is -0.352 e. The van der Waals surface area contributed by atoms with Crippen LogP contribution in [-0.4, -0.2) is 57.0 Å². The Morgan fingerprint density at radius 1 is 1.53 bits per heavy atom. The average molecular weight is 210 g/mol. The lowest BCUT2D eigenvalue weighted by atomic mass is 10.2. The monoisotopic (exact) mass is 210 g/mol. The maximum atomic E-state index is 5.71. The molecule has 2 heterocycles. The topological polar surface area (TPSA) is 33.7 Å². The van der Waals surface area contributed by atoms with Gasteiger partial charge in [-0.1, -0.05) is 0 Å². The molecule has 0 amide bonds. The Morgan fingerprint density at radius 2 is 2.33 bits per heavy atom. The highest BCUT2D eigenvalue weighted by Gasteiger charge is 2.32. The Hall–Kier alpha value is -0.0951. The average Bonchev–Trinajstić information content (AvgIpc) is 2.69. The van der Waals surface area contributed by atoms with Crippen molar-refractivity contribution in [3.05, 3.63) is 0 Å². The zero-order chi connectivity index (χ0) is 10.9. The predicted molar refractivity (Wildman–Crippen MR) is 58.6 cm³/mol. The summed E-state index contributed by atoms with van der Waals surface area (Å²) in [5.41, 5.74) is 0. The van der Waals surface area contributed by atoms with E-state index in [1.807, 2.05) is 18.7 Å². The van der Waals surface area contributed by atoms with Crippen LogP contribution in [0.4, 0.5) is 0 Å². The molecular weight excluding hydrogens is 191 g/mol. The summed E-state index contributed by atoms with van der Waals surface area (Å²) in [6.07, 6.45) is 1.29. The van der Waals surface area contributed by atoms with Crippen LogP contribution in [-0.2, 0) is 9.47 Å². The number of nitrogens with zero attached hydrogens (tertiary/aromatic N) is 1. The summed E-state index contributed by atoms with van der Waals surface area (Å²) < 4.78 is 11.2. The SMILES string of the molecule is [B]N1CC[C@H](NC[C@H]2COC(C)(C)O2)C1. The van der Waals surface area contributed by atoms with E-state index >= 15 is 0 Å². The first-order valence-corrected chi connectivity index (χ1v) is 5.60. The van der Waals surface area contributed by atoms with Crippen molar-refractivity contribution in [2.75, 3.05) is 26.2 Å². The van der Waals surface area contributed by atoms with Gasteiger partial charge in [0, 0.05) is 19.1 Å². The Kier molecular flexibility index (Phi) is 3.35. The quantitative estimate of drug-likeness (QED) is 0.659. The summed E-state index contributed by atoms with van der Waals surface area (Å²) >= 11 is 0. The first-order chi connectivity index (χ1) is 7.05. The Morgan fingerprint density at radius 3 is 2.87 bits per heavy atom. The number of hydrogen-bond donors (Lipinski definition) is 1. The van der Waals surface area contributed by atoms with Crippen LogP contribution in [0, 0.1) is 0 Å². The molecule has 0 saturated carbocycles. The van der Waals surface area contributed by atoms with Crippen LogP contribution >= 0.6 is 0 Å². The highest BCUT2D eigenvalue weighted by Crippen LogP contribution is 2.21. The van der Waals surface area contributed by atoms with E-state index in [1.54, 1.807) is 0 Å². The lowest BCUT2D eigenvalue weighted by Crippen LogP contribution is -2.38. The lowest BCUT2D eigenvalue weighted by molar-refractivity contribution is -0.137. The molecule has 2 aliphatic heterocycles. The van der Waals surface area contributed by atoms with Gasteiger partial charge in [-0.25, -0.2) is 0 Å². The molecule has 0 bridgehead atoms. The molecule has 5 heteroatoms. The van der Waals surface area contributed by atoms with E-state index in [9.17, 15) is 0 Å². The molecule has 2 radical (unpaired) electrons. The fourth-order valence-electron chi connectivity index (χ4n) is 2.12. The van der Waals surface area contributed by atoms with E-state index in [0.717, 1.165) is 26.1 Å². The maximum absolute atomic E-state index is 5.71. The van der Waals surface area contributed by atoms with Gasteiger partial charge in [-0.15, -0.1) is 0 Å². The van der Waals surface area contributed by atoms with Crippen molar-refractivity contribution in [1.82, 2.24) is 10.1 Å². The fourth-order valence-corrected chi connectivity index (χ4v) is 2.12. The van der Waals surface area contributed by atoms with Gasteiger partial charge in [0.2, 0.25) is 0 Å². The van der Waals surface area contributed by atoms with E-state index in [1.165, 1.54) is 0 Å². The third-order valence-electron chi connectivity index (χ3n) is 2.92. The predicted octanol–water partition coefficient (Wildman–Crippen LogP) is -0.115. The van der Waals surface area contributed by atoms with Gasteiger partial charge in [-0.2, -0.15) is 0 Å². The fraction of sp³-hybridized carbons (Fsp3) is 1.00. The summed E-state index contributed by atoms with van der Waals surface area (Å²) in [4.78, 5) is 1.85. The first kappa shape index (κ1) is 11.4. The van der Waals surface area contributed by atoms with E-state index in [2.05, 4.69) is 5.32 Å². The van der Waals surface area contributed by atoms with Crippen molar-refractivity contribution in [2.45, 2.75) is 38.2 Å². The van der Waals surface area contributed by atoms with Crippen molar-refractivity contribution in [2.24, 2.45) is 0 Å². The molecule has 2 atom stereocenters. The molecule has 2 rings (SSSR count). The summed E-state index contributed by atoms with van der Waals surface area (Å²) in [7, 11) is 5.69. The molecule has 15 heavy (non-hydrogen) atoms. The van der Waals surface area contributed by atoms with Gasteiger partial charge in [0.1, 0.15) is 0 Å². The summed E-state index contributed by atoms with van der Waals surface area (Å²) in [6, 6.07) is 0.502. The van der Waals surface area contributed by atoms with Gasteiger partial charge in [-0.3, -0.25) is 0 Å². The maximum Gasteiger partial charge on any atom is 0.182 e. The molecule has 0 spiro atoms. The highest BCUT2D eigenvalue weighted by molar-refractivity contribution is 6.04. The molecule has 4 nitrogen and oxygen atoms in total. The number of hydrogen-bond acceptors (Lipinski definition) is 4. The second kappa shape index (κ2) is 4.41. The second-order valence-corrected chi connectivity index (χ2v) is 4.84. The molecule has 0 aromatic carbocycles. The molecule has 84 valence electrons. The van der Waals surface area contributed by atoms with Gasteiger partial charge in [-0.05, 0) is 26.8 Å². The van der Waals surface area contributed by atoms with Crippen LogP contribution in [0.15, 0.2) is 0 Å². The standard InChI is InChI=1S/C10H19BN2O2/c1-10(2)14-7-9(15-10)5-12-8-3-4-13(11)6-8/h8-9,12H,3-7H2,1-2H3/t8-,9-/m0/s1. The summed E-state index contributed by atoms with van der Waals surface area (Å²) in [5.74, 6) is -0.415. The molecule has 2 fully saturated rings. The van der Waals surface area contributed by atoms with Crippen LogP contribution in [0.1, 0.15) is 20.3 Å². The van der Waals surface area contributed by atoms with Crippen molar-refractivity contribution >= 4 is 7.98 Å². The normalized spacial score (nSPS) is 36.1. The van der Waals surface area contributed by atoms with E-state index < -0.39 is 5.79 Å². The van der Waals surface area contributed by atoms with Crippen molar-refractivity contribution in [1.29, 1.82) is 0 Å². The zero-order valence-corrected chi connectivity index (χ0v) is 9.53. The number of ether oxygens (including phenoxy) is 2. The van der Waals surface area contributed by atoms with E-state index in [4.69, 9.17) is 17.5 Å². The lowest BCUT2D eigenvalue weighted by Gasteiger charge is -2.19. The van der Waals surface area contributed by atoms with Crippen LogP contribution in [0.25, 0.3) is 0 Å². The van der Waals surface area contributed by atoms with Gasteiger partial charge in [0.15, 0.2) is 13.8 Å². The van der Waals surface area contributed by atoms with Gasteiger partial charge in [0.25, 0.3) is 0 Å². The Labute approximate surface area is 92.7 Å². The third kappa shape index (κ3) is 3.18. The van der Waals surface area contributed by atoms with E-state index in [0.29, 0.717) is 12.6 Å². The molecule has 0 aliphatic carbocycles. The van der Waals surface area contributed by atoms with Gasteiger partial charge in [0.05, 0.1) is 12.7 Å². The van der Waals surface area contributed by atoms with Crippen LogP contribution in [0.3, 0.4) is 0 Å². The Balaban J connectivity index is 1.66. The zero-order valence-electron chi connectivity index (χ0n) is 9.53. The van der Waals surface area contributed by atoms with Gasteiger partial charge < -0.3 is 19.6 Å². The first-order valence-electron chi connectivity index (χ1n) is 5.60. The Bertz CT molecular complexity index is 225. The van der Waals surface area contributed by atoms with Crippen molar-refractivity contribution in [3.63, 3.8) is 0 Å². The van der Waals surface area contributed by atoms with Crippen molar-refractivity contribution in [3.8, 4) is 0 Å². The van der Waals surface area contributed by atoms with Crippen LogP contribution < -0.4 is 5.32 Å². The summed E-state index contributed by atoms with van der Waals surface area (Å²) in [5, 5.41) is 3.47.